The van der Waals surface area contributed by atoms with Gasteiger partial charge in [-0.3, -0.25) is 9.59 Å². The Balaban J connectivity index is 1.50. The van der Waals surface area contributed by atoms with Gasteiger partial charge in [-0.05, 0) is 48.6 Å². The van der Waals surface area contributed by atoms with Crippen molar-refractivity contribution in [3.05, 3.63) is 36.0 Å². The maximum atomic E-state index is 13.3. The lowest BCUT2D eigenvalue weighted by molar-refractivity contribution is -0.135. The Bertz CT molecular complexity index is 880. The molecule has 5 nitrogen and oxygen atoms in total. The minimum atomic E-state index is -0.484. The van der Waals surface area contributed by atoms with Crippen LogP contribution in [-0.2, 0) is 4.79 Å². The predicted octanol–water partition coefficient (Wildman–Crippen LogP) is 3.82. The zero-order valence-corrected chi connectivity index (χ0v) is 17.5. The summed E-state index contributed by atoms with van der Waals surface area (Å²) in [5.41, 5.74) is 1.77. The fourth-order valence-corrected chi connectivity index (χ4v) is 5.28. The maximum Gasteiger partial charge on any atom is 0.268 e. The van der Waals surface area contributed by atoms with Crippen LogP contribution >= 0.6 is 0 Å². The summed E-state index contributed by atoms with van der Waals surface area (Å²) in [6.07, 6.45) is 0.646. The zero-order valence-electron chi connectivity index (χ0n) is 17.5. The number of benzene rings is 1. The Kier molecular flexibility index (Phi) is 4.52. The van der Waals surface area contributed by atoms with Crippen molar-refractivity contribution in [3.8, 4) is 0 Å². The van der Waals surface area contributed by atoms with E-state index in [1.54, 1.807) is 0 Å². The van der Waals surface area contributed by atoms with Gasteiger partial charge in [-0.1, -0.05) is 45.9 Å². The molecule has 28 heavy (non-hydrogen) atoms. The second-order valence-electron chi connectivity index (χ2n) is 9.61. The van der Waals surface area contributed by atoms with E-state index in [2.05, 4.69) is 44.9 Å². The molecule has 0 radical (unpaired) electrons. The van der Waals surface area contributed by atoms with Gasteiger partial charge < -0.3 is 15.2 Å². The smallest absolute Gasteiger partial charge is 0.268 e. The monoisotopic (exact) mass is 381 g/mol. The molecule has 2 fully saturated rings. The highest BCUT2D eigenvalue weighted by atomic mass is 16.2. The number of carbonyl (C=O) groups excluding carboxylic acids is 2. The molecular formula is C23H31N3O2. The van der Waals surface area contributed by atoms with Crippen LogP contribution in [-0.4, -0.2) is 40.3 Å². The molecular weight excluding hydrogens is 350 g/mol. The summed E-state index contributed by atoms with van der Waals surface area (Å²) in [6, 6.07) is 9.41. The van der Waals surface area contributed by atoms with Gasteiger partial charge >= 0.3 is 0 Å². The van der Waals surface area contributed by atoms with Crippen LogP contribution in [0.4, 0.5) is 0 Å². The van der Waals surface area contributed by atoms with Crippen LogP contribution in [0.5, 0.6) is 0 Å². The van der Waals surface area contributed by atoms with E-state index in [4.69, 9.17) is 0 Å². The number of nitrogens with one attached hydrogen (secondary N) is 2. The summed E-state index contributed by atoms with van der Waals surface area (Å²) in [6.45, 7) is 11.7. The molecule has 2 aromatic rings. The number of amides is 2. The van der Waals surface area contributed by atoms with Gasteiger partial charge in [-0.15, -0.1) is 0 Å². The molecule has 1 aromatic heterocycles. The highest BCUT2D eigenvalue weighted by molar-refractivity contribution is 6.00. The van der Waals surface area contributed by atoms with Crippen LogP contribution in [0.2, 0.25) is 0 Å². The molecule has 1 unspecified atom stereocenters. The SMILES string of the molecule is CC(C)C[C@H](NC(=O)c1cc2ccccc2[nH]1)C(=O)N1C[C@H]2C([C@H]1C)C2(C)C. The number of fused-ring (bicyclic) bond motifs is 2. The Labute approximate surface area is 166 Å². The minimum absolute atomic E-state index is 0.0636. The number of likely N-dealkylation sites (tertiary alicyclic amines) is 1. The van der Waals surface area contributed by atoms with Crippen molar-refractivity contribution in [3.63, 3.8) is 0 Å². The molecule has 1 saturated carbocycles. The largest absolute Gasteiger partial charge is 0.351 e. The van der Waals surface area contributed by atoms with E-state index in [1.807, 2.05) is 35.2 Å². The lowest BCUT2D eigenvalue weighted by Gasteiger charge is -2.32. The summed E-state index contributed by atoms with van der Waals surface area (Å²) in [4.78, 5) is 31.3. The van der Waals surface area contributed by atoms with Crippen LogP contribution in [0.3, 0.4) is 0 Å². The lowest BCUT2D eigenvalue weighted by Crippen LogP contribution is -2.51. The number of para-hydroxylation sites is 1. The van der Waals surface area contributed by atoms with Crippen LogP contribution < -0.4 is 5.32 Å². The van der Waals surface area contributed by atoms with E-state index in [1.165, 1.54) is 0 Å². The Morgan fingerprint density at radius 1 is 1.29 bits per heavy atom. The van der Waals surface area contributed by atoms with Crippen molar-refractivity contribution in [2.24, 2.45) is 23.2 Å². The highest BCUT2D eigenvalue weighted by Crippen LogP contribution is 2.64. The quantitative estimate of drug-likeness (QED) is 0.827. The van der Waals surface area contributed by atoms with Crippen molar-refractivity contribution >= 4 is 22.7 Å². The summed E-state index contributed by atoms with van der Waals surface area (Å²) >= 11 is 0. The number of rotatable bonds is 5. The highest BCUT2D eigenvalue weighted by Gasteiger charge is 2.66. The molecule has 4 rings (SSSR count). The third-order valence-corrected chi connectivity index (χ3v) is 6.91. The average molecular weight is 382 g/mol. The Hall–Kier alpha value is -2.30. The first-order valence-electron chi connectivity index (χ1n) is 10.4. The first kappa shape index (κ1) is 19.0. The predicted molar refractivity (Wildman–Crippen MR) is 111 cm³/mol. The number of aromatic amines is 1. The third kappa shape index (κ3) is 3.11. The molecule has 2 aliphatic rings. The number of hydrogen-bond donors (Lipinski definition) is 2. The van der Waals surface area contributed by atoms with Gasteiger partial charge in [0.15, 0.2) is 0 Å². The van der Waals surface area contributed by atoms with E-state index in [0.29, 0.717) is 35.3 Å². The van der Waals surface area contributed by atoms with Crippen molar-refractivity contribution in [1.29, 1.82) is 0 Å². The van der Waals surface area contributed by atoms with E-state index >= 15 is 0 Å². The summed E-state index contributed by atoms with van der Waals surface area (Å²) in [5, 5.41) is 4.01. The van der Waals surface area contributed by atoms with Gasteiger partial charge in [-0.2, -0.15) is 0 Å². The lowest BCUT2D eigenvalue weighted by atomic mass is 9.99. The molecule has 2 heterocycles. The molecule has 5 heteroatoms. The summed E-state index contributed by atoms with van der Waals surface area (Å²) < 4.78 is 0. The molecule has 0 bridgehead atoms. The number of carbonyl (C=O) groups is 2. The molecule has 4 atom stereocenters. The molecule has 2 N–H and O–H groups in total. The first-order chi connectivity index (χ1) is 13.2. The van der Waals surface area contributed by atoms with Gasteiger partial charge in [0, 0.05) is 23.5 Å². The normalized spacial score (nSPS) is 26.4. The number of nitrogens with zero attached hydrogens (tertiary/aromatic N) is 1. The zero-order chi connectivity index (χ0) is 20.2. The number of hydrogen-bond acceptors (Lipinski definition) is 2. The molecule has 1 aliphatic heterocycles. The topological polar surface area (TPSA) is 65.2 Å². The molecule has 1 saturated heterocycles. The van der Waals surface area contributed by atoms with Crippen molar-refractivity contribution in [2.75, 3.05) is 6.54 Å². The molecule has 150 valence electrons. The molecule has 1 aromatic carbocycles. The van der Waals surface area contributed by atoms with Crippen molar-refractivity contribution in [1.82, 2.24) is 15.2 Å². The van der Waals surface area contributed by atoms with Crippen molar-refractivity contribution < 1.29 is 9.59 Å². The fraction of sp³-hybridized carbons (Fsp3) is 0.565. The summed E-state index contributed by atoms with van der Waals surface area (Å²) in [7, 11) is 0. The van der Waals surface area contributed by atoms with Gasteiger partial charge in [0.05, 0.1) is 0 Å². The fourth-order valence-electron chi connectivity index (χ4n) is 5.28. The van der Waals surface area contributed by atoms with Crippen LogP contribution in [0.15, 0.2) is 30.3 Å². The van der Waals surface area contributed by atoms with Gasteiger partial charge in [0.25, 0.3) is 5.91 Å². The standard InChI is InChI=1S/C23H31N3O2/c1-13(2)10-19(22(28)26-12-16-20(14(26)3)23(16,4)5)25-21(27)18-11-15-8-6-7-9-17(15)24-18/h6-9,11,13-14,16,19-20,24H,10,12H2,1-5H3,(H,25,27)/t14-,16+,19+,20?/m1/s1. The molecule has 1 aliphatic carbocycles. The van der Waals surface area contributed by atoms with Crippen LogP contribution in [0, 0.1) is 23.2 Å². The van der Waals surface area contributed by atoms with E-state index in [-0.39, 0.29) is 17.9 Å². The van der Waals surface area contributed by atoms with E-state index in [9.17, 15) is 9.59 Å². The second-order valence-corrected chi connectivity index (χ2v) is 9.61. The minimum Gasteiger partial charge on any atom is -0.351 e. The van der Waals surface area contributed by atoms with Gasteiger partial charge in [0.1, 0.15) is 11.7 Å². The summed E-state index contributed by atoms with van der Waals surface area (Å²) in [5.74, 6) is 1.35. The third-order valence-electron chi connectivity index (χ3n) is 6.91. The van der Waals surface area contributed by atoms with Gasteiger partial charge in [0.2, 0.25) is 5.91 Å². The van der Waals surface area contributed by atoms with E-state index in [0.717, 1.165) is 17.4 Å². The Morgan fingerprint density at radius 2 is 2.00 bits per heavy atom. The van der Waals surface area contributed by atoms with Crippen LogP contribution in [0.25, 0.3) is 10.9 Å². The second kappa shape index (κ2) is 6.64. The maximum absolute atomic E-state index is 13.3. The number of aromatic nitrogens is 1. The van der Waals surface area contributed by atoms with E-state index < -0.39 is 6.04 Å². The average Bonchev–Trinajstić information content (AvgIpc) is 2.97. The Morgan fingerprint density at radius 3 is 2.61 bits per heavy atom. The van der Waals surface area contributed by atoms with Gasteiger partial charge in [-0.25, -0.2) is 0 Å². The van der Waals surface area contributed by atoms with Crippen LogP contribution in [0.1, 0.15) is 51.5 Å². The molecule has 2 amide bonds. The number of piperidine rings is 1. The number of H-pyrrole nitrogens is 1. The van der Waals surface area contributed by atoms with Crippen molar-refractivity contribution in [2.45, 2.75) is 53.1 Å². The first-order valence-corrected chi connectivity index (χ1v) is 10.4. The molecule has 0 spiro atoms.